The second kappa shape index (κ2) is 10.3. The van der Waals surface area contributed by atoms with Crippen molar-refractivity contribution in [2.45, 2.75) is 32.7 Å². The van der Waals surface area contributed by atoms with Crippen LogP contribution in [0.3, 0.4) is 0 Å². The number of hydrogen-bond acceptors (Lipinski definition) is 4. The summed E-state index contributed by atoms with van der Waals surface area (Å²) in [4.78, 5) is 37.4. The highest BCUT2D eigenvalue weighted by Gasteiger charge is 2.16. The number of amides is 2. The number of carbonyl (C=O) groups is 2. The van der Waals surface area contributed by atoms with Crippen LogP contribution in [-0.4, -0.2) is 21.6 Å². The van der Waals surface area contributed by atoms with Crippen molar-refractivity contribution in [3.63, 3.8) is 0 Å². The summed E-state index contributed by atoms with van der Waals surface area (Å²) in [5, 5.41) is 5.02. The molecule has 31 heavy (non-hydrogen) atoms. The smallest absolute Gasteiger partial charge is 0.268 e. The standard InChI is InChI=1S/C23H23FN4O3/c1-2-3-6-14-28-23(31)19-11-5-4-10-18(19)21(27-28)22(30)26-25-20(29)13-12-16-8-7-9-17(24)15-16/h4-5,7-13,15H,2-3,6,14H2,1H3,(H,25,29)(H,26,30)/b13-12+. The lowest BCUT2D eigenvalue weighted by Gasteiger charge is -2.11. The normalized spacial score (nSPS) is 11.0. The van der Waals surface area contributed by atoms with Crippen LogP contribution in [0.1, 0.15) is 42.2 Å². The molecule has 0 fully saturated rings. The molecular weight excluding hydrogens is 399 g/mol. The molecular formula is C23H23FN4O3. The van der Waals surface area contributed by atoms with E-state index >= 15 is 0 Å². The molecule has 2 amide bonds. The Morgan fingerprint density at radius 2 is 1.84 bits per heavy atom. The van der Waals surface area contributed by atoms with E-state index in [4.69, 9.17) is 0 Å². The zero-order chi connectivity index (χ0) is 22.2. The summed E-state index contributed by atoms with van der Waals surface area (Å²) >= 11 is 0. The van der Waals surface area contributed by atoms with E-state index in [0.717, 1.165) is 19.3 Å². The van der Waals surface area contributed by atoms with Crippen molar-refractivity contribution in [2.75, 3.05) is 0 Å². The summed E-state index contributed by atoms with van der Waals surface area (Å²) in [6, 6.07) is 12.5. The highest BCUT2D eigenvalue weighted by atomic mass is 19.1. The first kappa shape index (κ1) is 21.9. The van der Waals surface area contributed by atoms with Gasteiger partial charge in [-0.25, -0.2) is 9.07 Å². The lowest BCUT2D eigenvalue weighted by molar-refractivity contribution is -0.117. The van der Waals surface area contributed by atoms with Crippen molar-refractivity contribution in [1.29, 1.82) is 0 Å². The second-order valence-corrected chi connectivity index (χ2v) is 6.96. The zero-order valence-corrected chi connectivity index (χ0v) is 17.1. The van der Waals surface area contributed by atoms with Crippen LogP contribution in [-0.2, 0) is 11.3 Å². The fraction of sp³-hybridized carbons (Fsp3) is 0.217. The SMILES string of the molecule is CCCCCn1nc(C(=O)NNC(=O)/C=C/c2cccc(F)c2)c2ccccc2c1=O. The molecule has 2 aromatic carbocycles. The number of rotatable bonds is 7. The van der Waals surface area contributed by atoms with E-state index in [-0.39, 0.29) is 11.3 Å². The van der Waals surface area contributed by atoms with E-state index in [1.807, 2.05) is 0 Å². The van der Waals surface area contributed by atoms with Gasteiger partial charge in [-0.15, -0.1) is 0 Å². The number of halogens is 1. The summed E-state index contributed by atoms with van der Waals surface area (Å²) in [5.41, 5.74) is 4.87. The average molecular weight is 422 g/mol. The van der Waals surface area contributed by atoms with Gasteiger partial charge < -0.3 is 0 Å². The molecule has 0 unspecified atom stereocenters. The third kappa shape index (κ3) is 5.63. The number of aromatic nitrogens is 2. The molecule has 3 rings (SSSR count). The molecule has 0 aliphatic carbocycles. The minimum atomic E-state index is -0.645. The molecule has 0 saturated carbocycles. The van der Waals surface area contributed by atoms with Crippen LogP contribution in [0, 0.1) is 5.82 Å². The molecule has 0 bridgehead atoms. The molecule has 0 saturated heterocycles. The summed E-state index contributed by atoms with van der Waals surface area (Å²) in [7, 11) is 0. The van der Waals surface area contributed by atoms with Gasteiger partial charge in [-0.3, -0.25) is 25.2 Å². The van der Waals surface area contributed by atoms with Gasteiger partial charge in [-0.05, 0) is 36.3 Å². The number of hydrazine groups is 1. The van der Waals surface area contributed by atoms with Crippen molar-refractivity contribution >= 4 is 28.7 Å². The second-order valence-electron chi connectivity index (χ2n) is 6.96. The number of aryl methyl sites for hydroxylation is 1. The summed E-state index contributed by atoms with van der Waals surface area (Å²) in [6.07, 6.45) is 5.30. The Bertz CT molecular complexity index is 1190. The Balaban J connectivity index is 1.76. The first-order valence-corrected chi connectivity index (χ1v) is 10.0. The Hall–Kier alpha value is -3.81. The van der Waals surface area contributed by atoms with Gasteiger partial charge in [0.2, 0.25) is 0 Å². The highest BCUT2D eigenvalue weighted by Crippen LogP contribution is 2.13. The third-order valence-corrected chi connectivity index (χ3v) is 4.63. The van der Waals surface area contributed by atoms with Crippen molar-refractivity contribution < 1.29 is 14.0 Å². The van der Waals surface area contributed by atoms with E-state index < -0.39 is 17.6 Å². The minimum absolute atomic E-state index is 0.0427. The van der Waals surface area contributed by atoms with E-state index in [9.17, 15) is 18.8 Å². The van der Waals surface area contributed by atoms with Gasteiger partial charge in [-0.1, -0.05) is 50.1 Å². The van der Waals surface area contributed by atoms with Crippen LogP contribution in [0.2, 0.25) is 0 Å². The molecule has 0 radical (unpaired) electrons. The quantitative estimate of drug-likeness (QED) is 0.347. The highest BCUT2D eigenvalue weighted by molar-refractivity contribution is 6.05. The zero-order valence-electron chi connectivity index (χ0n) is 17.1. The number of nitrogens with zero attached hydrogens (tertiary/aromatic N) is 2. The Morgan fingerprint density at radius 1 is 1.06 bits per heavy atom. The van der Waals surface area contributed by atoms with Gasteiger partial charge in [0.05, 0.1) is 5.39 Å². The first-order chi connectivity index (χ1) is 15.0. The number of carbonyl (C=O) groups excluding carboxylic acids is 2. The molecule has 0 atom stereocenters. The summed E-state index contributed by atoms with van der Waals surface area (Å²) in [6.45, 7) is 2.46. The molecule has 1 heterocycles. The van der Waals surface area contributed by atoms with Crippen molar-refractivity contribution in [3.05, 3.63) is 82.0 Å². The van der Waals surface area contributed by atoms with Crippen LogP contribution in [0.5, 0.6) is 0 Å². The van der Waals surface area contributed by atoms with E-state index in [1.165, 1.54) is 35.0 Å². The molecule has 160 valence electrons. The predicted octanol–water partition coefficient (Wildman–Crippen LogP) is 3.20. The number of unbranched alkanes of at least 4 members (excludes halogenated alkanes) is 2. The molecule has 8 heteroatoms. The van der Waals surface area contributed by atoms with Crippen molar-refractivity contribution in [2.24, 2.45) is 0 Å². The van der Waals surface area contributed by atoms with Gasteiger partial charge in [0.15, 0.2) is 5.69 Å². The topological polar surface area (TPSA) is 93.1 Å². The van der Waals surface area contributed by atoms with Crippen LogP contribution in [0.4, 0.5) is 4.39 Å². The maximum atomic E-state index is 13.2. The molecule has 2 N–H and O–H groups in total. The molecule has 0 aliphatic rings. The Labute approximate surface area is 178 Å². The van der Waals surface area contributed by atoms with Crippen molar-refractivity contribution in [1.82, 2.24) is 20.6 Å². The van der Waals surface area contributed by atoms with Gasteiger partial charge in [0, 0.05) is 18.0 Å². The predicted molar refractivity (Wildman–Crippen MR) is 117 cm³/mol. The number of benzene rings is 2. The lowest BCUT2D eigenvalue weighted by Crippen LogP contribution is -2.42. The average Bonchev–Trinajstić information content (AvgIpc) is 2.78. The first-order valence-electron chi connectivity index (χ1n) is 10.0. The van der Waals surface area contributed by atoms with Crippen LogP contribution in [0.15, 0.2) is 59.4 Å². The van der Waals surface area contributed by atoms with Gasteiger partial charge in [0.1, 0.15) is 5.82 Å². The fourth-order valence-corrected chi connectivity index (χ4v) is 3.07. The molecule has 1 aromatic heterocycles. The largest absolute Gasteiger partial charge is 0.290 e. The number of nitrogens with one attached hydrogen (secondary N) is 2. The Kier molecular flexibility index (Phi) is 7.26. The monoisotopic (exact) mass is 422 g/mol. The van der Waals surface area contributed by atoms with E-state index in [1.54, 1.807) is 30.3 Å². The molecule has 0 aliphatic heterocycles. The van der Waals surface area contributed by atoms with Crippen LogP contribution < -0.4 is 16.4 Å². The van der Waals surface area contributed by atoms with E-state index in [0.29, 0.717) is 22.9 Å². The van der Waals surface area contributed by atoms with E-state index in [2.05, 4.69) is 22.9 Å². The van der Waals surface area contributed by atoms with Gasteiger partial charge in [0.25, 0.3) is 17.4 Å². The maximum Gasteiger partial charge on any atom is 0.290 e. The van der Waals surface area contributed by atoms with Gasteiger partial charge in [-0.2, -0.15) is 5.10 Å². The van der Waals surface area contributed by atoms with Gasteiger partial charge >= 0.3 is 0 Å². The van der Waals surface area contributed by atoms with Crippen LogP contribution >= 0.6 is 0 Å². The maximum absolute atomic E-state index is 13.2. The van der Waals surface area contributed by atoms with Crippen LogP contribution in [0.25, 0.3) is 16.8 Å². The molecule has 7 nitrogen and oxygen atoms in total. The molecule has 0 spiro atoms. The minimum Gasteiger partial charge on any atom is -0.268 e. The third-order valence-electron chi connectivity index (χ3n) is 4.63. The summed E-state index contributed by atoms with van der Waals surface area (Å²) in [5.74, 6) is -1.66. The number of hydrogen-bond donors (Lipinski definition) is 2. The Morgan fingerprint density at radius 3 is 2.58 bits per heavy atom. The molecule has 3 aromatic rings. The number of fused-ring (bicyclic) bond motifs is 1. The van der Waals surface area contributed by atoms with Crippen molar-refractivity contribution in [3.8, 4) is 0 Å². The fourth-order valence-electron chi connectivity index (χ4n) is 3.07. The lowest BCUT2D eigenvalue weighted by atomic mass is 10.1. The summed E-state index contributed by atoms with van der Waals surface area (Å²) < 4.78 is 14.5.